The molecule has 6 aromatic carbocycles. The van der Waals surface area contributed by atoms with Crippen molar-refractivity contribution in [1.29, 1.82) is 0 Å². The summed E-state index contributed by atoms with van der Waals surface area (Å²) in [6, 6.07) is 27.1. The molecule has 2 spiro atoms. The van der Waals surface area contributed by atoms with Crippen LogP contribution in [0.4, 0.5) is 26.3 Å². The maximum Gasteiger partial charge on any atom is 0.471 e. The number of benzene rings is 6. The van der Waals surface area contributed by atoms with Gasteiger partial charge in [-0.25, -0.2) is 9.59 Å². The number of ether oxygens (including phenoxy) is 9. The molecule has 4 heterocycles. The van der Waals surface area contributed by atoms with Gasteiger partial charge in [0.15, 0.2) is 11.2 Å². The summed E-state index contributed by atoms with van der Waals surface area (Å²) in [4.78, 5) is 101. The molecule has 0 fully saturated rings. The Balaban J connectivity index is 0.000000271. The van der Waals surface area contributed by atoms with E-state index in [1.807, 2.05) is 0 Å². The molecule has 4 aliphatic rings. The molecule has 0 saturated carbocycles. The molecule has 0 aromatic heterocycles. The summed E-state index contributed by atoms with van der Waals surface area (Å²) in [6.07, 6.45) is -4.32. The summed E-state index contributed by atoms with van der Waals surface area (Å²) in [7, 11) is -6.81. The molecule has 2 atom stereocenters. The highest BCUT2D eigenvalue weighted by molar-refractivity contribution is 7.62. The van der Waals surface area contributed by atoms with Crippen molar-refractivity contribution in [3.8, 4) is 46.0 Å². The van der Waals surface area contributed by atoms with Crippen molar-refractivity contribution in [1.82, 2.24) is 10.6 Å². The maximum absolute atomic E-state index is 14.8. The number of aliphatic hydroxyl groups excluding tert-OH is 1. The zero-order chi connectivity index (χ0) is 87.5. The Hall–Kier alpha value is -9.52. The van der Waals surface area contributed by atoms with Crippen molar-refractivity contribution in [3.05, 3.63) is 154 Å². The zero-order valence-corrected chi connectivity index (χ0v) is 70.3. The predicted octanol–water partition coefficient (Wildman–Crippen LogP) is 16.7. The number of carbonyl (C=O) groups excluding carboxylic acids is 8. The minimum absolute atomic E-state index is 0.00631. The second kappa shape index (κ2) is 38.0. The van der Waals surface area contributed by atoms with Gasteiger partial charge in [0.05, 0.1) is 69.8 Å². The number of aliphatic hydroxyl groups is 1. The molecule has 4 aliphatic heterocycles. The fourth-order valence-electron chi connectivity index (χ4n) is 12.4. The third-order valence-electron chi connectivity index (χ3n) is 19.0. The van der Waals surface area contributed by atoms with E-state index in [9.17, 15) is 73.8 Å². The Kier molecular flexibility index (Phi) is 29.8. The van der Waals surface area contributed by atoms with Crippen LogP contribution in [0.25, 0.3) is 0 Å². The minimum atomic E-state index is -5.03. The Morgan fingerprint density at radius 2 is 0.655 bits per heavy atom. The van der Waals surface area contributed by atoms with Crippen molar-refractivity contribution >= 4 is 73.4 Å². The number of fused-ring (bicyclic) bond motifs is 12. The Bertz CT molecular complexity index is 4710. The number of halogens is 6. The van der Waals surface area contributed by atoms with E-state index in [2.05, 4.69) is 0 Å². The molecule has 2 unspecified atom stereocenters. The molecule has 0 saturated heterocycles. The number of hydrogen-bond donors (Lipinski definition) is 3. The number of carbonyl (C=O) groups is 8. The van der Waals surface area contributed by atoms with Crippen LogP contribution in [-0.4, -0.2) is 125 Å². The fraction of sp³-hybridized carbons (Fsp3) is 0.482. The molecule has 10 rings (SSSR count). The third-order valence-corrected chi connectivity index (χ3v) is 22.9. The Morgan fingerprint density at radius 3 is 0.924 bits per heavy atom. The highest BCUT2D eigenvalue weighted by Crippen LogP contribution is 2.61. The van der Waals surface area contributed by atoms with Crippen molar-refractivity contribution in [2.45, 2.75) is 184 Å². The number of methoxy groups -OCH3 is 1. The van der Waals surface area contributed by atoms with Gasteiger partial charge in [-0.15, -0.1) is 0 Å². The summed E-state index contributed by atoms with van der Waals surface area (Å²) in [6.45, 7) is 20.1. The van der Waals surface area contributed by atoms with E-state index in [0.29, 0.717) is 61.0 Å². The number of esters is 6. The van der Waals surface area contributed by atoms with Gasteiger partial charge in [-0.1, -0.05) is 25.7 Å². The van der Waals surface area contributed by atoms with Gasteiger partial charge in [0.1, 0.15) is 46.0 Å². The van der Waals surface area contributed by atoms with E-state index in [1.165, 1.54) is 84.9 Å². The molecule has 0 radical (unpaired) electrons. The number of alkyl halides is 6. The van der Waals surface area contributed by atoms with Crippen LogP contribution >= 0.6 is 15.2 Å². The summed E-state index contributed by atoms with van der Waals surface area (Å²) in [5.74, 6) is -6.49. The Labute approximate surface area is 685 Å². The van der Waals surface area contributed by atoms with Crippen LogP contribution in [0.2, 0.25) is 0 Å². The highest BCUT2D eigenvalue weighted by atomic mass is 31.2. The fourth-order valence-corrected chi connectivity index (χ4v) is 15.7. The van der Waals surface area contributed by atoms with Gasteiger partial charge < -0.3 is 76.5 Å². The number of unbranched alkanes of at least 4 members (excludes halogenated alkanes) is 8. The number of nitrogens with one attached hydrogen (secondary N) is 2. The number of amides is 2. The lowest BCUT2D eigenvalue weighted by molar-refractivity contribution is -0.173. The van der Waals surface area contributed by atoms with Gasteiger partial charge in [0, 0.05) is 91.1 Å². The lowest BCUT2D eigenvalue weighted by Crippen LogP contribution is -2.37. The first-order valence-electron chi connectivity index (χ1n) is 38.9. The largest absolute Gasteiger partial charge is 0.471 e. The van der Waals surface area contributed by atoms with Crippen LogP contribution in [0, 0.1) is 21.7 Å². The molecule has 119 heavy (non-hydrogen) atoms. The summed E-state index contributed by atoms with van der Waals surface area (Å²) in [5.41, 5.74) is -4.74. The average Bonchev–Trinajstić information content (AvgIpc) is 1.58. The van der Waals surface area contributed by atoms with Crippen LogP contribution in [0.1, 0.15) is 214 Å². The molecule has 6 aromatic rings. The number of rotatable bonds is 33. The molecule has 0 bridgehead atoms. The van der Waals surface area contributed by atoms with Gasteiger partial charge in [-0.05, 0) is 219 Å². The summed E-state index contributed by atoms with van der Waals surface area (Å²) >= 11 is 0. The molecule has 34 heteroatoms. The first kappa shape index (κ1) is 93.3. The van der Waals surface area contributed by atoms with Crippen LogP contribution in [0.5, 0.6) is 46.0 Å². The summed E-state index contributed by atoms with van der Waals surface area (Å²) in [5, 5.41) is 12.9. The monoisotopic (exact) mass is 1710 g/mol. The molecule has 646 valence electrons. The van der Waals surface area contributed by atoms with Gasteiger partial charge >= 0.3 is 75.2 Å². The molecule has 26 nitrogen and oxygen atoms in total. The van der Waals surface area contributed by atoms with Gasteiger partial charge in [0.2, 0.25) is 0 Å². The standard InChI is InChI=1S/C43H51F3NO12P.C42H49F3NO12P/c1-40(2,3)38(50)56-27-14-18-31-34(24-27)58-35-25-28(57-39(51)41(4,5)6)15-19-32(35)42(31)33-26-29(16-17-30(33)36(48)59-42)60(52,54-22-12-9-8-11-21-53-7)55-23-13-10-20-47-37(49)43(44,45)46;1-39(2,3)37(50)55-26-13-17-30-33(23-26)57-34-24-27(56-38(51)40(4,5)6)14-18-31(34)41(30)32-25-28(15-16-29(32)35(48)58-41)59(52,53-21-11-8-7-10-20-47)54-22-12-9-19-46-36(49)42(43,44)45/h14-19,24-26H,8-13,20-23H2,1-7H3,(H,47,49);13-18,23-25,47H,7-12,19-22H2,1-6H3,(H,46,49). The highest BCUT2D eigenvalue weighted by Gasteiger charge is 2.57. The molecule has 3 N–H and O–H groups in total. The third kappa shape index (κ3) is 22.6. The van der Waals surface area contributed by atoms with Crippen LogP contribution in [0.3, 0.4) is 0 Å². The second-order valence-electron chi connectivity index (χ2n) is 32.8. The van der Waals surface area contributed by atoms with E-state index in [-0.39, 0.29) is 151 Å². The van der Waals surface area contributed by atoms with Crippen molar-refractivity contribution in [2.75, 3.05) is 59.8 Å². The van der Waals surface area contributed by atoms with E-state index >= 15 is 0 Å². The first-order chi connectivity index (χ1) is 55.7. The molecular formula is C85H100F6N2O24P2. The average molecular weight is 1710 g/mol. The van der Waals surface area contributed by atoms with E-state index in [1.54, 1.807) is 125 Å². The van der Waals surface area contributed by atoms with Gasteiger partial charge in [0.25, 0.3) is 0 Å². The van der Waals surface area contributed by atoms with Crippen LogP contribution < -0.4 is 49.7 Å². The predicted molar refractivity (Wildman–Crippen MR) is 421 cm³/mol. The quantitative estimate of drug-likeness (QED) is 0.0113. The van der Waals surface area contributed by atoms with Crippen LogP contribution in [-0.2, 0) is 81.4 Å². The van der Waals surface area contributed by atoms with Crippen molar-refractivity contribution in [2.24, 2.45) is 21.7 Å². The minimum Gasteiger partial charge on any atom is -0.456 e. The molecule has 2 amide bonds. The maximum atomic E-state index is 14.8. The lowest BCUT2D eigenvalue weighted by Gasteiger charge is -2.37. The molecule has 0 aliphatic carbocycles. The number of hydrogen-bond acceptors (Lipinski definition) is 24. The first-order valence-corrected chi connectivity index (χ1v) is 42.0. The smallest absolute Gasteiger partial charge is 0.456 e. The normalized spacial score (nSPS) is 15.2. The Morgan fingerprint density at radius 1 is 0.378 bits per heavy atom. The van der Waals surface area contributed by atoms with Crippen molar-refractivity contribution in [3.63, 3.8) is 0 Å². The molecular weight excluding hydrogens is 1610 g/mol. The van der Waals surface area contributed by atoms with Gasteiger partial charge in [-0.3, -0.25) is 37.9 Å². The SMILES string of the molecule is CC(C)(C)C(=O)Oc1ccc2c(c1)Oc1cc(OC(=O)C(C)(C)C)ccc1C21OC(=O)c2ccc(P(=O)(OCCCCCCO)OCCCCNC(=O)C(F)(F)F)cc21.COCCCCCCOP(=O)(OCCCCNC(=O)C(F)(F)F)c1ccc2c(c1)C1(OC2=O)c2ccc(OC(=O)C(C)(C)C)cc2Oc2cc(OC(=O)C(C)(C)C)ccc21. The lowest BCUT2D eigenvalue weighted by atomic mass is 9.77. The topological polar surface area (TPSA) is 335 Å². The van der Waals surface area contributed by atoms with Crippen LogP contribution in [0.15, 0.2) is 109 Å². The van der Waals surface area contributed by atoms with Gasteiger partial charge in [-0.2, -0.15) is 26.3 Å². The second-order valence-corrected chi connectivity index (χ2v) is 36.8. The van der Waals surface area contributed by atoms with E-state index in [4.69, 9.17) is 65.8 Å². The van der Waals surface area contributed by atoms with E-state index < -0.39 is 108 Å². The summed E-state index contributed by atoms with van der Waals surface area (Å²) < 4.78 is 182. The zero-order valence-electron chi connectivity index (χ0n) is 68.5. The van der Waals surface area contributed by atoms with E-state index in [0.717, 1.165) is 19.3 Å². The van der Waals surface area contributed by atoms with Crippen molar-refractivity contribution < 1.29 is 140 Å².